The Balaban J connectivity index is 1.62. The van der Waals surface area contributed by atoms with Gasteiger partial charge in [0.1, 0.15) is 17.9 Å². The lowest BCUT2D eigenvalue weighted by Gasteiger charge is -2.40. The van der Waals surface area contributed by atoms with E-state index < -0.39 is 0 Å². The first kappa shape index (κ1) is 21.4. The first-order chi connectivity index (χ1) is 14.0. The second-order valence-corrected chi connectivity index (χ2v) is 7.97. The third-order valence-corrected chi connectivity index (χ3v) is 5.67. The smallest absolute Gasteiger partial charge is 0.224 e. The quantitative estimate of drug-likeness (QED) is 0.604. The van der Waals surface area contributed by atoms with Gasteiger partial charge >= 0.3 is 0 Å². The number of carbonyl (C=O) groups excluding carboxylic acids is 1. The lowest BCUT2D eigenvalue weighted by molar-refractivity contribution is -0.133. The van der Waals surface area contributed by atoms with Crippen LogP contribution in [-0.2, 0) is 4.79 Å². The van der Waals surface area contributed by atoms with Gasteiger partial charge in [-0.1, -0.05) is 31.4 Å². The summed E-state index contributed by atoms with van der Waals surface area (Å²) < 4.78 is 5.89. The number of unbranched alkanes of at least 4 members (excludes halogenated alkanes) is 2. The van der Waals surface area contributed by atoms with Gasteiger partial charge in [-0.25, -0.2) is 9.97 Å². The molecule has 0 N–H and O–H groups in total. The molecule has 156 valence electrons. The van der Waals surface area contributed by atoms with Gasteiger partial charge in [-0.3, -0.25) is 4.79 Å². The molecule has 0 saturated carbocycles. The molecule has 1 aliphatic heterocycles. The average molecular weight is 417 g/mol. The summed E-state index contributed by atoms with van der Waals surface area (Å²) in [6, 6.07) is 7.51. The zero-order chi connectivity index (χ0) is 20.8. The fourth-order valence-corrected chi connectivity index (χ4v) is 3.68. The van der Waals surface area contributed by atoms with E-state index in [4.69, 9.17) is 16.3 Å². The molecule has 2 aromatic rings. The van der Waals surface area contributed by atoms with Gasteiger partial charge in [0.05, 0.1) is 0 Å². The number of nitrogens with zero attached hydrogens (tertiary/aromatic N) is 4. The van der Waals surface area contributed by atoms with Crippen molar-refractivity contribution < 1.29 is 9.53 Å². The maximum Gasteiger partial charge on any atom is 0.224 e. The van der Waals surface area contributed by atoms with Crippen molar-refractivity contribution in [3.63, 3.8) is 0 Å². The minimum absolute atomic E-state index is 0.149. The number of benzene rings is 1. The number of ether oxygens (including phenoxy) is 1. The molecule has 0 unspecified atom stereocenters. The predicted molar refractivity (Wildman–Crippen MR) is 116 cm³/mol. The van der Waals surface area contributed by atoms with Gasteiger partial charge in [-0.2, -0.15) is 0 Å². The van der Waals surface area contributed by atoms with Gasteiger partial charge in [0.2, 0.25) is 11.8 Å². The van der Waals surface area contributed by atoms with Crippen molar-refractivity contribution in [2.24, 2.45) is 0 Å². The summed E-state index contributed by atoms with van der Waals surface area (Å²) in [7, 11) is 0. The highest BCUT2D eigenvalue weighted by molar-refractivity contribution is 6.31. The van der Waals surface area contributed by atoms with E-state index in [2.05, 4.69) is 28.7 Å². The van der Waals surface area contributed by atoms with Gasteiger partial charge in [-0.15, -0.1) is 0 Å². The summed E-state index contributed by atoms with van der Waals surface area (Å²) in [5, 5.41) is 0.705. The van der Waals surface area contributed by atoms with Gasteiger partial charge in [0.25, 0.3) is 0 Å². The Morgan fingerprint density at radius 3 is 2.79 bits per heavy atom. The van der Waals surface area contributed by atoms with Gasteiger partial charge < -0.3 is 14.5 Å². The summed E-state index contributed by atoms with van der Waals surface area (Å²) in [6.07, 6.45) is 5.37. The minimum Gasteiger partial charge on any atom is -0.439 e. The number of carbonyl (C=O) groups is 1. The molecule has 1 fully saturated rings. The largest absolute Gasteiger partial charge is 0.439 e. The lowest BCUT2D eigenvalue weighted by atomic mass is 10.1. The highest BCUT2D eigenvalue weighted by atomic mass is 35.5. The van der Waals surface area contributed by atoms with Crippen molar-refractivity contribution in [2.75, 3.05) is 24.5 Å². The Morgan fingerprint density at radius 1 is 1.24 bits per heavy atom. The number of halogens is 1. The minimum atomic E-state index is 0.149. The summed E-state index contributed by atoms with van der Waals surface area (Å²) >= 11 is 6.08. The van der Waals surface area contributed by atoms with Crippen molar-refractivity contribution in [1.29, 1.82) is 0 Å². The Morgan fingerprint density at radius 2 is 2.07 bits per heavy atom. The molecule has 1 saturated heterocycles. The first-order valence-corrected chi connectivity index (χ1v) is 10.7. The molecule has 0 spiro atoms. The molecular weight excluding hydrogens is 388 g/mol. The predicted octanol–water partition coefficient (Wildman–Crippen LogP) is 4.85. The number of hydrogen-bond donors (Lipinski definition) is 0. The number of piperazine rings is 1. The van der Waals surface area contributed by atoms with Crippen molar-refractivity contribution in [1.82, 2.24) is 14.9 Å². The lowest BCUT2D eigenvalue weighted by Crippen LogP contribution is -2.54. The zero-order valence-electron chi connectivity index (χ0n) is 17.4. The second kappa shape index (κ2) is 9.92. The first-order valence-electron chi connectivity index (χ1n) is 10.3. The van der Waals surface area contributed by atoms with Crippen LogP contribution >= 0.6 is 11.6 Å². The van der Waals surface area contributed by atoms with Crippen LogP contribution in [0, 0.1) is 6.92 Å². The van der Waals surface area contributed by atoms with Crippen molar-refractivity contribution in [3.8, 4) is 11.6 Å². The summed E-state index contributed by atoms with van der Waals surface area (Å²) in [5.41, 5.74) is 0.951. The number of aromatic nitrogens is 2. The zero-order valence-corrected chi connectivity index (χ0v) is 18.2. The van der Waals surface area contributed by atoms with Crippen LogP contribution in [0.15, 0.2) is 30.6 Å². The Bertz CT molecular complexity index is 845. The van der Waals surface area contributed by atoms with Crippen LogP contribution in [0.3, 0.4) is 0 Å². The van der Waals surface area contributed by atoms with Crippen LogP contribution in [0.2, 0.25) is 5.02 Å². The number of amides is 1. The van der Waals surface area contributed by atoms with Crippen LogP contribution in [0.1, 0.15) is 45.1 Å². The number of hydrogen-bond acceptors (Lipinski definition) is 5. The molecule has 1 aromatic heterocycles. The third kappa shape index (κ3) is 5.60. The molecule has 29 heavy (non-hydrogen) atoms. The van der Waals surface area contributed by atoms with Crippen molar-refractivity contribution >= 4 is 23.3 Å². The standard InChI is InChI=1S/C22H29ClN4O2/c1-4-5-6-7-22(28)27-11-10-26(14-17(27)3)20-13-21(25-15-24-20)29-18-8-9-19(23)16(2)12-18/h8-9,12-13,15,17H,4-7,10-11,14H2,1-3H3/t17-/m0/s1. The molecule has 1 aliphatic rings. The SMILES string of the molecule is CCCCCC(=O)N1CCN(c2cc(Oc3ccc(Cl)c(C)c3)ncn2)C[C@@H]1C. The van der Waals surface area contributed by atoms with E-state index >= 15 is 0 Å². The van der Waals surface area contributed by atoms with Crippen LogP contribution in [0.5, 0.6) is 11.6 Å². The van der Waals surface area contributed by atoms with E-state index in [1.165, 1.54) is 6.33 Å². The Hall–Kier alpha value is -2.34. The van der Waals surface area contributed by atoms with E-state index in [0.29, 0.717) is 29.6 Å². The molecule has 0 radical (unpaired) electrons. The molecule has 2 heterocycles. The fourth-order valence-electron chi connectivity index (χ4n) is 3.57. The molecule has 0 bridgehead atoms. The van der Waals surface area contributed by atoms with Crippen molar-refractivity contribution in [2.45, 2.75) is 52.5 Å². The van der Waals surface area contributed by atoms with E-state index in [9.17, 15) is 4.79 Å². The number of rotatable bonds is 7. The molecule has 1 amide bonds. The summed E-state index contributed by atoms with van der Waals surface area (Å²) in [6.45, 7) is 8.39. The normalized spacial score (nSPS) is 16.8. The van der Waals surface area contributed by atoms with Crippen LogP contribution in [0.4, 0.5) is 5.82 Å². The monoisotopic (exact) mass is 416 g/mol. The third-order valence-electron chi connectivity index (χ3n) is 5.25. The van der Waals surface area contributed by atoms with Gasteiger partial charge in [-0.05, 0) is 44.0 Å². The topological polar surface area (TPSA) is 58.6 Å². The molecule has 1 aromatic carbocycles. The average Bonchev–Trinajstić information content (AvgIpc) is 2.71. The Kier molecular flexibility index (Phi) is 7.31. The fraction of sp³-hybridized carbons (Fsp3) is 0.500. The van der Waals surface area contributed by atoms with Crippen LogP contribution < -0.4 is 9.64 Å². The van der Waals surface area contributed by atoms with E-state index in [-0.39, 0.29) is 11.9 Å². The molecule has 3 rings (SSSR count). The number of aryl methyl sites for hydroxylation is 1. The summed E-state index contributed by atoms with van der Waals surface area (Å²) in [5.74, 6) is 2.25. The Labute approximate surface area is 177 Å². The molecular formula is C22H29ClN4O2. The van der Waals surface area contributed by atoms with Crippen LogP contribution in [0.25, 0.3) is 0 Å². The van der Waals surface area contributed by atoms with Gasteiger partial charge in [0, 0.05) is 43.2 Å². The molecule has 0 aliphatic carbocycles. The molecule has 6 nitrogen and oxygen atoms in total. The second-order valence-electron chi connectivity index (χ2n) is 7.57. The van der Waals surface area contributed by atoms with Gasteiger partial charge in [0.15, 0.2) is 0 Å². The van der Waals surface area contributed by atoms with Crippen LogP contribution in [-0.4, -0.2) is 46.5 Å². The molecule has 7 heteroatoms. The van der Waals surface area contributed by atoms with E-state index in [0.717, 1.165) is 43.7 Å². The maximum absolute atomic E-state index is 12.5. The highest BCUT2D eigenvalue weighted by Gasteiger charge is 2.27. The van der Waals surface area contributed by atoms with E-state index in [1.807, 2.05) is 36.1 Å². The maximum atomic E-state index is 12.5. The molecule has 1 atom stereocenters. The van der Waals surface area contributed by atoms with E-state index in [1.54, 1.807) is 0 Å². The van der Waals surface area contributed by atoms with Crippen molar-refractivity contribution in [3.05, 3.63) is 41.2 Å². The highest BCUT2D eigenvalue weighted by Crippen LogP contribution is 2.27. The summed E-state index contributed by atoms with van der Waals surface area (Å²) in [4.78, 5) is 25.3. The number of anilines is 1.